The van der Waals surface area contributed by atoms with Gasteiger partial charge in [0.15, 0.2) is 0 Å². The van der Waals surface area contributed by atoms with Crippen molar-refractivity contribution in [3.05, 3.63) is 29.3 Å². The molecule has 3 N–H and O–H groups in total. The molecular weight excluding hydrogens is 409 g/mol. The average Bonchev–Trinajstić information content (AvgIpc) is 2.57. The fourth-order valence-corrected chi connectivity index (χ4v) is 2.71. The fraction of sp³-hybridized carbons (Fsp3) is 0.438. The molecule has 1 atom stereocenters. The van der Waals surface area contributed by atoms with Crippen molar-refractivity contribution in [2.24, 2.45) is 0 Å². The Labute approximate surface area is 163 Å². The largest absolute Gasteiger partial charge is 0.481 e. The van der Waals surface area contributed by atoms with E-state index in [1.165, 1.54) is 4.90 Å². The van der Waals surface area contributed by atoms with E-state index >= 15 is 0 Å². The van der Waals surface area contributed by atoms with E-state index in [1.54, 1.807) is 0 Å². The van der Waals surface area contributed by atoms with Crippen molar-refractivity contribution in [1.82, 2.24) is 5.32 Å². The summed E-state index contributed by atoms with van der Waals surface area (Å²) in [5.41, 5.74) is -0.833. The molecule has 1 aromatic rings. The molecule has 0 bridgehead atoms. The van der Waals surface area contributed by atoms with Crippen LogP contribution in [-0.4, -0.2) is 59.0 Å². The van der Waals surface area contributed by atoms with E-state index in [0.29, 0.717) is 0 Å². The SMILES string of the molecule is O=C(O)CCC(NC(=O)c1cc(F)c(N(CCCl)CCCl)c(F)c1)C(=O)O. The molecule has 1 amide bonds. The normalized spacial score (nSPS) is 11.7. The second-order valence-corrected chi connectivity index (χ2v) is 6.21. The van der Waals surface area contributed by atoms with Gasteiger partial charge in [-0.25, -0.2) is 13.6 Å². The first-order chi connectivity index (χ1) is 12.7. The summed E-state index contributed by atoms with van der Waals surface area (Å²) in [4.78, 5) is 35.1. The predicted molar refractivity (Wildman–Crippen MR) is 95.8 cm³/mol. The van der Waals surface area contributed by atoms with Crippen LogP contribution in [0.5, 0.6) is 0 Å². The van der Waals surface area contributed by atoms with E-state index in [0.717, 1.165) is 12.1 Å². The number of carboxylic acid groups (broad SMARTS) is 2. The van der Waals surface area contributed by atoms with Gasteiger partial charge in [0.1, 0.15) is 23.4 Å². The van der Waals surface area contributed by atoms with Crippen LogP contribution in [0.3, 0.4) is 0 Å². The van der Waals surface area contributed by atoms with Gasteiger partial charge in [0.25, 0.3) is 5.91 Å². The third-order valence-corrected chi connectivity index (χ3v) is 3.89. The van der Waals surface area contributed by atoms with Crippen LogP contribution in [0.2, 0.25) is 0 Å². The van der Waals surface area contributed by atoms with E-state index in [-0.39, 0.29) is 31.3 Å². The number of nitrogens with one attached hydrogen (secondary N) is 1. The molecule has 0 spiro atoms. The van der Waals surface area contributed by atoms with Crippen molar-refractivity contribution < 1.29 is 33.4 Å². The van der Waals surface area contributed by atoms with Gasteiger partial charge in [-0.1, -0.05) is 0 Å². The van der Waals surface area contributed by atoms with Gasteiger partial charge in [-0.2, -0.15) is 0 Å². The van der Waals surface area contributed by atoms with Gasteiger partial charge in [-0.3, -0.25) is 9.59 Å². The zero-order valence-electron chi connectivity index (χ0n) is 14.1. The summed E-state index contributed by atoms with van der Waals surface area (Å²) >= 11 is 11.2. The summed E-state index contributed by atoms with van der Waals surface area (Å²) in [5, 5.41) is 19.7. The topological polar surface area (TPSA) is 107 Å². The second-order valence-electron chi connectivity index (χ2n) is 5.45. The number of hydrogen-bond acceptors (Lipinski definition) is 4. The van der Waals surface area contributed by atoms with E-state index in [4.69, 9.17) is 33.4 Å². The highest BCUT2D eigenvalue weighted by Crippen LogP contribution is 2.25. The van der Waals surface area contributed by atoms with Crippen molar-refractivity contribution in [2.75, 3.05) is 29.7 Å². The maximum absolute atomic E-state index is 14.4. The summed E-state index contributed by atoms with van der Waals surface area (Å²) in [6, 6.07) is 0.0157. The molecule has 1 rings (SSSR count). The Morgan fingerprint density at radius 3 is 2.00 bits per heavy atom. The minimum absolute atomic E-state index is 0.0991. The number of hydrogen-bond donors (Lipinski definition) is 3. The van der Waals surface area contributed by atoms with Crippen LogP contribution in [0.25, 0.3) is 0 Å². The molecule has 0 aliphatic heterocycles. The Kier molecular flexibility index (Phi) is 9.23. The number of rotatable bonds is 11. The number of benzene rings is 1. The lowest BCUT2D eigenvalue weighted by Crippen LogP contribution is -2.41. The van der Waals surface area contributed by atoms with Crippen molar-refractivity contribution in [1.29, 1.82) is 0 Å². The van der Waals surface area contributed by atoms with Gasteiger partial charge >= 0.3 is 11.9 Å². The minimum Gasteiger partial charge on any atom is -0.481 e. The molecule has 11 heteroatoms. The van der Waals surface area contributed by atoms with Crippen LogP contribution in [0, 0.1) is 11.6 Å². The Balaban J connectivity index is 3.04. The smallest absolute Gasteiger partial charge is 0.326 e. The van der Waals surface area contributed by atoms with Crippen LogP contribution in [0.15, 0.2) is 12.1 Å². The maximum Gasteiger partial charge on any atom is 0.326 e. The molecule has 0 aromatic heterocycles. The van der Waals surface area contributed by atoms with E-state index in [2.05, 4.69) is 5.32 Å². The number of amides is 1. The lowest BCUT2D eigenvalue weighted by atomic mass is 10.1. The van der Waals surface area contributed by atoms with Gasteiger partial charge in [0.05, 0.1) is 0 Å². The van der Waals surface area contributed by atoms with Crippen LogP contribution in [0.1, 0.15) is 23.2 Å². The van der Waals surface area contributed by atoms with Gasteiger partial charge in [0, 0.05) is 36.8 Å². The van der Waals surface area contributed by atoms with Crippen LogP contribution in [0.4, 0.5) is 14.5 Å². The standard InChI is InChI=1S/C16H18Cl2F2N2O5/c17-3-5-22(6-4-18)14-10(19)7-9(8-11(14)20)15(25)21-12(16(26)27)1-2-13(23)24/h7-8,12H,1-6H2,(H,21,25)(H,23,24)(H,26,27). The molecule has 0 aliphatic carbocycles. The van der Waals surface area contributed by atoms with Crippen molar-refractivity contribution >= 4 is 46.7 Å². The van der Waals surface area contributed by atoms with Gasteiger partial charge < -0.3 is 20.4 Å². The minimum atomic E-state index is -1.51. The number of nitrogens with zero attached hydrogens (tertiary/aromatic N) is 1. The second kappa shape index (κ2) is 10.9. The zero-order chi connectivity index (χ0) is 20.6. The highest BCUT2D eigenvalue weighted by molar-refractivity contribution is 6.18. The van der Waals surface area contributed by atoms with Crippen molar-refractivity contribution in [2.45, 2.75) is 18.9 Å². The molecule has 0 saturated carbocycles. The van der Waals surface area contributed by atoms with Gasteiger partial charge in [0.2, 0.25) is 0 Å². The molecule has 0 fully saturated rings. The lowest BCUT2D eigenvalue weighted by molar-refractivity contribution is -0.140. The molecule has 1 aromatic carbocycles. The lowest BCUT2D eigenvalue weighted by Gasteiger charge is -2.24. The monoisotopic (exact) mass is 426 g/mol. The van der Waals surface area contributed by atoms with Gasteiger partial charge in [-0.15, -0.1) is 23.2 Å². The Morgan fingerprint density at radius 1 is 1.07 bits per heavy atom. The third-order valence-electron chi connectivity index (χ3n) is 3.55. The molecular formula is C16H18Cl2F2N2O5. The number of carboxylic acids is 2. The maximum atomic E-state index is 14.4. The average molecular weight is 427 g/mol. The van der Waals surface area contributed by atoms with E-state index in [1.807, 2.05) is 0 Å². The first-order valence-corrected chi connectivity index (χ1v) is 8.89. The number of alkyl halides is 2. The summed E-state index contributed by atoms with van der Waals surface area (Å²) < 4.78 is 28.8. The molecule has 7 nitrogen and oxygen atoms in total. The Hall–Kier alpha value is -2.13. The predicted octanol–water partition coefficient (Wildman–Crippen LogP) is 2.30. The molecule has 0 aliphatic rings. The molecule has 0 heterocycles. The fourth-order valence-electron chi connectivity index (χ4n) is 2.30. The highest BCUT2D eigenvalue weighted by Gasteiger charge is 2.24. The third kappa shape index (κ3) is 6.84. The summed E-state index contributed by atoms with van der Waals surface area (Å²) in [6.45, 7) is 0.258. The first kappa shape index (κ1) is 22.9. The Bertz CT molecular complexity index is 676. The Morgan fingerprint density at radius 2 is 1.59 bits per heavy atom. The number of halogens is 4. The van der Waals surface area contributed by atoms with Crippen molar-refractivity contribution in [3.8, 4) is 0 Å². The van der Waals surface area contributed by atoms with E-state index < -0.39 is 53.2 Å². The molecule has 150 valence electrons. The van der Waals surface area contributed by atoms with E-state index in [9.17, 15) is 23.2 Å². The number of carbonyl (C=O) groups is 3. The van der Waals surface area contributed by atoms with Crippen LogP contribution < -0.4 is 10.2 Å². The number of aliphatic carboxylic acids is 2. The van der Waals surface area contributed by atoms with Gasteiger partial charge in [-0.05, 0) is 18.6 Å². The zero-order valence-corrected chi connectivity index (χ0v) is 15.6. The van der Waals surface area contributed by atoms with Crippen LogP contribution >= 0.6 is 23.2 Å². The summed E-state index contributed by atoms with van der Waals surface area (Å²) in [7, 11) is 0. The molecule has 27 heavy (non-hydrogen) atoms. The van der Waals surface area contributed by atoms with Crippen LogP contribution in [-0.2, 0) is 9.59 Å². The van der Waals surface area contributed by atoms with Crippen molar-refractivity contribution in [3.63, 3.8) is 0 Å². The first-order valence-electron chi connectivity index (χ1n) is 7.82. The molecule has 1 unspecified atom stereocenters. The number of carbonyl (C=O) groups excluding carboxylic acids is 1. The highest BCUT2D eigenvalue weighted by atomic mass is 35.5. The molecule has 0 radical (unpaired) electrons. The summed E-state index contributed by atoms with van der Waals surface area (Å²) in [6.07, 6.45) is -0.872. The summed E-state index contributed by atoms with van der Waals surface area (Å²) in [5.74, 6) is -5.61. The molecule has 0 saturated heterocycles. The number of anilines is 1. The quantitative estimate of drug-likeness (QED) is 0.468.